The van der Waals surface area contributed by atoms with Crippen molar-refractivity contribution in [3.63, 3.8) is 0 Å². The Bertz CT molecular complexity index is 754. The smallest absolute Gasteiger partial charge is 0.429 e. The van der Waals surface area contributed by atoms with Gasteiger partial charge in [-0.1, -0.05) is 19.1 Å². The van der Waals surface area contributed by atoms with Gasteiger partial charge in [0.15, 0.2) is 0 Å². The van der Waals surface area contributed by atoms with Crippen molar-refractivity contribution in [2.45, 2.75) is 20.0 Å². The van der Waals surface area contributed by atoms with Gasteiger partial charge in [-0.15, -0.1) is 0 Å². The van der Waals surface area contributed by atoms with E-state index in [9.17, 15) is 19.7 Å². The van der Waals surface area contributed by atoms with E-state index in [1.165, 1.54) is 24.3 Å². The summed E-state index contributed by atoms with van der Waals surface area (Å²) in [6.07, 6.45) is -0.658. The van der Waals surface area contributed by atoms with Crippen molar-refractivity contribution in [3.8, 4) is 11.5 Å². The summed E-state index contributed by atoms with van der Waals surface area (Å²) >= 11 is 0. The van der Waals surface area contributed by atoms with Crippen molar-refractivity contribution in [1.29, 1.82) is 0 Å². The number of carbonyl (C=O) groups is 2. The molecule has 0 aliphatic carbocycles. The molecule has 8 nitrogen and oxygen atoms in total. The standard InChI is InChI=1S/C17H15NO7/c1-2-16(19)24-14-7-3-12(4-8-14)11-23-17(20)25-15-9-5-13(6-10-15)18(21)22/h3-10H,2,11H2,1H3. The Balaban J connectivity index is 1.83. The molecule has 2 rings (SSSR count). The molecule has 0 spiro atoms. The average molecular weight is 345 g/mol. The molecule has 0 saturated heterocycles. The maximum Gasteiger partial charge on any atom is 0.514 e. The second kappa shape index (κ2) is 8.44. The second-order valence-corrected chi connectivity index (χ2v) is 4.86. The van der Waals surface area contributed by atoms with Gasteiger partial charge in [-0.3, -0.25) is 14.9 Å². The van der Waals surface area contributed by atoms with Crippen LogP contribution in [0.4, 0.5) is 10.5 Å². The summed E-state index contributed by atoms with van der Waals surface area (Å²) in [6.45, 7) is 1.66. The largest absolute Gasteiger partial charge is 0.514 e. The minimum atomic E-state index is -0.935. The molecule has 0 fully saturated rings. The summed E-state index contributed by atoms with van der Waals surface area (Å²) in [5.41, 5.74) is 0.571. The van der Waals surface area contributed by atoms with Crippen molar-refractivity contribution in [1.82, 2.24) is 0 Å². The third-order valence-electron chi connectivity index (χ3n) is 3.05. The Labute approximate surface area is 143 Å². The zero-order chi connectivity index (χ0) is 18.2. The summed E-state index contributed by atoms with van der Waals surface area (Å²) < 4.78 is 14.9. The monoisotopic (exact) mass is 345 g/mol. The van der Waals surface area contributed by atoms with Crippen LogP contribution in [0, 0.1) is 10.1 Å². The van der Waals surface area contributed by atoms with Crippen LogP contribution in [-0.4, -0.2) is 17.0 Å². The molecule has 0 amide bonds. The van der Waals surface area contributed by atoms with Crippen LogP contribution in [0.5, 0.6) is 11.5 Å². The number of carbonyl (C=O) groups excluding carboxylic acids is 2. The highest BCUT2D eigenvalue weighted by atomic mass is 16.7. The minimum absolute atomic E-state index is 0.0339. The van der Waals surface area contributed by atoms with Crippen LogP contribution in [0.2, 0.25) is 0 Å². The predicted molar refractivity (Wildman–Crippen MR) is 86.3 cm³/mol. The molecule has 0 heterocycles. The van der Waals surface area contributed by atoms with Crippen molar-refractivity contribution in [2.24, 2.45) is 0 Å². The zero-order valence-corrected chi connectivity index (χ0v) is 13.3. The first kappa shape index (κ1) is 17.9. The van der Waals surface area contributed by atoms with E-state index in [-0.39, 0.29) is 30.4 Å². The van der Waals surface area contributed by atoms with Crippen molar-refractivity contribution >= 4 is 17.8 Å². The fraction of sp³-hybridized carbons (Fsp3) is 0.176. The Morgan fingerprint density at radius 2 is 1.52 bits per heavy atom. The number of ether oxygens (including phenoxy) is 3. The van der Waals surface area contributed by atoms with Crippen molar-refractivity contribution in [2.75, 3.05) is 0 Å². The number of rotatable bonds is 6. The molecule has 0 saturated carbocycles. The van der Waals surface area contributed by atoms with E-state index in [1.807, 2.05) is 0 Å². The zero-order valence-electron chi connectivity index (χ0n) is 13.3. The van der Waals surface area contributed by atoms with E-state index in [4.69, 9.17) is 14.2 Å². The summed E-state index contributed by atoms with van der Waals surface area (Å²) in [7, 11) is 0. The van der Waals surface area contributed by atoms with E-state index >= 15 is 0 Å². The van der Waals surface area contributed by atoms with Crippen LogP contribution >= 0.6 is 0 Å². The molecule has 2 aromatic carbocycles. The third-order valence-corrected chi connectivity index (χ3v) is 3.05. The van der Waals surface area contributed by atoms with Gasteiger partial charge in [-0.2, -0.15) is 0 Å². The number of hydrogen-bond acceptors (Lipinski definition) is 7. The van der Waals surface area contributed by atoms with E-state index < -0.39 is 11.1 Å². The lowest BCUT2D eigenvalue weighted by atomic mass is 10.2. The Morgan fingerprint density at radius 1 is 0.960 bits per heavy atom. The topological polar surface area (TPSA) is 105 Å². The van der Waals surface area contributed by atoms with Gasteiger partial charge in [0.25, 0.3) is 5.69 Å². The van der Waals surface area contributed by atoms with Crippen LogP contribution in [0.3, 0.4) is 0 Å². The van der Waals surface area contributed by atoms with Gasteiger partial charge < -0.3 is 14.2 Å². The van der Waals surface area contributed by atoms with Crippen molar-refractivity contribution < 1.29 is 28.7 Å². The van der Waals surface area contributed by atoms with Gasteiger partial charge in [0.1, 0.15) is 18.1 Å². The Kier molecular flexibility index (Phi) is 6.05. The number of esters is 1. The fourth-order valence-electron chi connectivity index (χ4n) is 1.76. The molecule has 8 heteroatoms. The first-order valence-electron chi connectivity index (χ1n) is 7.36. The van der Waals surface area contributed by atoms with Gasteiger partial charge in [0, 0.05) is 18.6 Å². The Hall–Kier alpha value is -3.42. The molecule has 0 bridgehead atoms. The fourth-order valence-corrected chi connectivity index (χ4v) is 1.76. The SMILES string of the molecule is CCC(=O)Oc1ccc(COC(=O)Oc2ccc([N+](=O)[O-])cc2)cc1. The number of nitro groups is 1. The van der Waals surface area contributed by atoms with Gasteiger partial charge in [0.2, 0.25) is 0 Å². The van der Waals surface area contributed by atoms with Crippen LogP contribution in [0.15, 0.2) is 48.5 Å². The molecule has 0 aromatic heterocycles. The van der Waals surface area contributed by atoms with Crippen LogP contribution in [-0.2, 0) is 16.1 Å². The highest BCUT2D eigenvalue weighted by Gasteiger charge is 2.10. The number of non-ortho nitro benzene ring substituents is 1. The van der Waals surface area contributed by atoms with Gasteiger partial charge in [0.05, 0.1) is 4.92 Å². The lowest BCUT2D eigenvalue weighted by molar-refractivity contribution is -0.384. The number of benzene rings is 2. The highest BCUT2D eigenvalue weighted by Crippen LogP contribution is 2.18. The molecule has 0 radical (unpaired) electrons. The van der Waals surface area contributed by atoms with Gasteiger partial charge in [-0.05, 0) is 29.8 Å². The summed E-state index contributed by atoms with van der Waals surface area (Å²) in [6, 6.07) is 11.5. The number of nitro benzene ring substituents is 1. The van der Waals surface area contributed by atoms with Gasteiger partial charge in [-0.25, -0.2) is 4.79 Å². The Morgan fingerprint density at radius 3 is 2.08 bits per heavy atom. The maximum absolute atomic E-state index is 11.6. The van der Waals surface area contributed by atoms with E-state index in [0.717, 1.165) is 0 Å². The van der Waals surface area contributed by atoms with E-state index in [0.29, 0.717) is 11.3 Å². The molecule has 0 unspecified atom stereocenters. The van der Waals surface area contributed by atoms with Crippen molar-refractivity contribution in [3.05, 3.63) is 64.2 Å². The molecule has 0 aliphatic heterocycles. The van der Waals surface area contributed by atoms with E-state index in [2.05, 4.69) is 0 Å². The maximum atomic E-state index is 11.6. The van der Waals surface area contributed by atoms with Crippen LogP contribution in [0.1, 0.15) is 18.9 Å². The lowest BCUT2D eigenvalue weighted by Gasteiger charge is -2.07. The quantitative estimate of drug-likeness (QED) is 0.259. The third kappa shape index (κ3) is 5.61. The lowest BCUT2D eigenvalue weighted by Crippen LogP contribution is -2.10. The first-order valence-corrected chi connectivity index (χ1v) is 7.36. The second-order valence-electron chi connectivity index (χ2n) is 4.86. The molecule has 130 valence electrons. The molecular formula is C17H15NO7. The molecule has 0 atom stereocenters. The molecular weight excluding hydrogens is 330 g/mol. The molecule has 0 N–H and O–H groups in total. The summed E-state index contributed by atoms with van der Waals surface area (Å²) in [5, 5.41) is 10.5. The first-order chi connectivity index (χ1) is 12.0. The normalized spacial score (nSPS) is 9.96. The van der Waals surface area contributed by atoms with Crippen LogP contribution in [0.25, 0.3) is 0 Å². The van der Waals surface area contributed by atoms with Gasteiger partial charge >= 0.3 is 12.1 Å². The number of hydrogen-bond donors (Lipinski definition) is 0. The highest BCUT2D eigenvalue weighted by molar-refractivity contribution is 5.71. The number of nitrogens with zero attached hydrogens (tertiary/aromatic N) is 1. The summed E-state index contributed by atoms with van der Waals surface area (Å²) in [5.74, 6) is 0.206. The predicted octanol–water partition coefficient (Wildman–Crippen LogP) is 3.63. The average Bonchev–Trinajstić information content (AvgIpc) is 2.61. The minimum Gasteiger partial charge on any atom is -0.429 e. The van der Waals surface area contributed by atoms with Crippen LogP contribution < -0.4 is 9.47 Å². The summed E-state index contributed by atoms with van der Waals surface area (Å²) in [4.78, 5) is 32.8. The molecule has 25 heavy (non-hydrogen) atoms. The van der Waals surface area contributed by atoms with E-state index in [1.54, 1.807) is 31.2 Å². The molecule has 2 aromatic rings. The molecule has 0 aliphatic rings.